The minimum Gasteiger partial charge on any atom is -0.373 e. The molecule has 3 atom stereocenters. The summed E-state index contributed by atoms with van der Waals surface area (Å²) in [4.78, 5) is 12.1. The van der Waals surface area contributed by atoms with Crippen LogP contribution in [0.25, 0.3) is 22.1 Å². The predicted octanol–water partition coefficient (Wildman–Crippen LogP) is 2.41. The zero-order chi connectivity index (χ0) is 12.4. The summed E-state index contributed by atoms with van der Waals surface area (Å²) in [5.74, 6) is 0. The van der Waals surface area contributed by atoms with E-state index in [1.54, 1.807) is 0 Å². The summed E-state index contributed by atoms with van der Waals surface area (Å²) in [6, 6.07) is 2.51. The lowest BCUT2D eigenvalue weighted by Crippen LogP contribution is -2.20. The third kappa shape index (κ3) is 1.23. The van der Waals surface area contributed by atoms with Gasteiger partial charge in [-0.2, -0.15) is 0 Å². The molecule has 1 N–H and O–H groups in total. The molecule has 0 spiro atoms. The molecule has 2 bridgehead atoms. The van der Waals surface area contributed by atoms with Gasteiger partial charge in [-0.15, -0.1) is 0 Å². The number of H-pyrrole nitrogens is 1. The summed E-state index contributed by atoms with van der Waals surface area (Å²) in [6.45, 7) is 0. The van der Waals surface area contributed by atoms with E-state index in [4.69, 9.17) is 4.74 Å². The summed E-state index contributed by atoms with van der Waals surface area (Å²) >= 11 is 0. The minimum atomic E-state index is 0.365. The molecule has 3 unspecified atom stereocenters. The highest BCUT2D eigenvalue weighted by Crippen LogP contribution is 2.43. The van der Waals surface area contributed by atoms with E-state index in [-0.39, 0.29) is 0 Å². The molecule has 0 saturated carbocycles. The van der Waals surface area contributed by atoms with Crippen LogP contribution in [0.5, 0.6) is 0 Å². The first-order valence-corrected chi connectivity index (χ1v) is 6.84. The van der Waals surface area contributed by atoms with Gasteiger partial charge in [-0.1, -0.05) is 0 Å². The van der Waals surface area contributed by atoms with E-state index in [1.807, 2.05) is 18.7 Å². The first-order chi connectivity index (χ1) is 9.40. The summed E-state index contributed by atoms with van der Waals surface area (Å²) in [5.41, 5.74) is 3.08. The van der Waals surface area contributed by atoms with E-state index < -0.39 is 0 Å². The van der Waals surface area contributed by atoms with Gasteiger partial charge in [0.1, 0.15) is 11.2 Å². The summed E-state index contributed by atoms with van der Waals surface area (Å²) in [6.07, 6.45) is 10.1. The molecule has 5 rings (SSSR count). The average Bonchev–Trinajstić information content (AvgIpc) is 3.19. The topological polar surface area (TPSA) is 55.7 Å². The number of nitrogens with zero attached hydrogens (tertiary/aromatic N) is 3. The number of imidazole rings is 1. The molecular weight excluding hydrogens is 240 g/mol. The molecule has 3 aromatic rings. The third-order valence-corrected chi connectivity index (χ3v) is 4.55. The van der Waals surface area contributed by atoms with Crippen molar-refractivity contribution in [1.29, 1.82) is 0 Å². The molecular formula is C14H14N4O. The van der Waals surface area contributed by atoms with Gasteiger partial charge in [0, 0.05) is 11.6 Å². The van der Waals surface area contributed by atoms with Gasteiger partial charge in [-0.25, -0.2) is 9.97 Å². The van der Waals surface area contributed by atoms with Crippen LogP contribution in [0.15, 0.2) is 24.8 Å². The van der Waals surface area contributed by atoms with E-state index in [0.717, 1.165) is 23.0 Å². The Morgan fingerprint density at radius 3 is 3.16 bits per heavy atom. The molecule has 3 aromatic heterocycles. The van der Waals surface area contributed by atoms with Crippen molar-refractivity contribution in [3.8, 4) is 0 Å². The molecule has 0 aliphatic carbocycles. The number of hydrogen-bond acceptors (Lipinski definition) is 3. The lowest BCUT2D eigenvalue weighted by molar-refractivity contribution is 0.0943. The van der Waals surface area contributed by atoms with Crippen molar-refractivity contribution < 1.29 is 4.74 Å². The number of aromatic nitrogens is 4. The van der Waals surface area contributed by atoms with E-state index in [0.29, 0.717) is 18.2 Å². The zero-order valence-corrected chi connectivity index (χ0v) is 10.4. The Labute approximate surface area is 109 Å². The lowest BCUT2D eigenvalue weighted by atomic mass is 9.95. The van der Waals surface area contributed by atoms with Crippen LogP contribution in [0.1, 0.15) is 25.3 Å². The number of aromatic amines is 1. The van der Waals surface area contributed by atoms with E-state index in [9.17, 15) is 0 Å². The van der Waals surface area contributed by atoms with E-state index in [2.05, 4.69) is 25.6 Å². The zero-order valence-electron chi connectivity index (χ0n) is 10.4. The van der Waals surface area contributed by atoms with Crippen LogP contribution in [-0.4, -0.2) is 31.7 Å². The maximum absolute atomic E-state index is 5.98. The van der Waals surface area contributed by atoms with Gasteiger partial charge < -0.3 is 14.3 Å². The quantitative estimate of drug-likeness (QED) is 0.725. The molecule has 2 aliphatic rings. The first kappa shape index (κ1) is 9.97. The summed E-state index contributed by atoms with van der Waals surface area (Å²) in [5, 5.41) is 1.15. The second-order valence-corrected chi connectivity index (χ2v) is 5.56. The Morgan fingerprint density at radius 1 is 1.32 bits per heavy atom. The Hall–Kier alpha value is -1.88. The van der Waals surface area contributed by atoms with Crippen molar-refractivity contribution in [2.24, 2.45) is 0 Å². The van der Waals surface area contributed by atoms with Crippen molar-refractivity contribution in [3.63, 3.8) is 0 Å². The third-order valence-electron chi connectivity index (χ3n) is 4.55. The van der Waals surface area contributed by atoms with Gasteiger partial charge in [0.25, 0.3) is 0 Å². The molecule has 0 amide bonds. The molecule has 0 aromatic carbocycles. The fourth-order valence-corrected chi connectivity index (χ4v) is 3.69. The highest BCUT2D eigenvalue weighted by atomic mass is 16.5. The predicted molar refractivity (Wildman–Crippen MR) is 70.9 cm³/mol. The van der Waals surface area contributed by atoms with Gasteiger partial charge >= 0.3 is 0 Å². The highest BCUT2D eigenvalue weighted by Gasteiger charge is 2.42. The maximum atomic E-state index is 5.98. The smallest absolute Gasteiger partial charge is 0.139 e. The van der Waals surface area contributed by atoms with Crippen LogP contribution >= 0.6 is 0 Å². The van der Waals surface area contributed by atoms with Gasteiger partial charge in [0.05, 0.1) is 36.3 Å². The van der Waals surface area contributed by atoms with Crippen molar-refractivity contribution >= 4 is 22.1 Å². The van der Waals surface area contributed by atoms with Crippen LogP contribution in [0, 0.1) is 0 Å². The standard InChI is InChI=1S/C14H14N4O/c1-2-12-11(5-8(1)19-12)18-7-17-10-6-16-14-9(13(10)18)3-4-15-14/h3-4,6-8,11-12H,1-2,5H2,(H,15,16). The number of nitrogens with one attached hydrogen (secondary N) is 1. The monoisotopic (exact) mass is 254 g/mol. The van der Waals surface area contributed by atoms with Crippen LogP contribution in [-0.2, 0) is 4.74 Å². The molecule has 2 saturated heterocycles. The second-order valence-electron chi connectivity index (χ2n) is 5.56. The maximum Gasteiger partial charge on any atom is 0.139 e. The van der Waals surface area contributed by atoms with Gasteiger partial charge in [-0.05, 0) is 25.3 Å². The molecule has 5 nitrogen and oxygen atoms in total. The Kier molecular flexibility index (Phi) is 1.76. The molecule has 5 heterocycles. The van der Waals surface area contributed by atoms with Crippen molar-refractivity contribution in [2.45, 2.75) is 37.5 Å². The Bertz CT molecular complexity index is 774. The largest absolute Gasteiger partial charge is 0.373 e. The molecule has 2 aliphatic heterocycles. The number of ether oxygens (including phenoxy) is 1. The number of pyridine rings is 1. The van der Waals surface area contributed by atoms with Gasteiger partial charge in [0.2, 0.25) is 0 Å². The fraction of sp³-hybridized carbons (Fsp3) is 0.429. The van der Waals surface area contributed by atoms with Crippen molar-refractivity contribution in [2.75, 3.05) is 0 Å². The number of rotatable bonds is 1. The van der Waals surface area contributed by atoms with Gasteiger partial charge in [-0.3, -0.25) is 0 Å². The van der Waals surface area contributed by atoms with E-state index >= 15 is 0 Å². The fourth-order valence-electron chi connectivity index (χ4n) is 3.69. The van der Waals surface area contributed by atoms with Gasteiger partial charge in [0.15, 0.2) is 0 Å². The lowest BCUT2D eigenvalue weighted by Gasteiger charge is -2.21. The number of hydrogen-bond donors (Lipinski definition) is 1. The molecule has 2 fully saturated rings. The molecule has 5 heteroatoms. The molecule has 96 valence electrons. The first-order valence-electron chi connectivity index (χ1n) is 6.84. The van der Waals surface area contributed by atoms with Crippen LogP contribution in [0.3, 0.4) is 0 Å². The SMILES string of the molecule is c1cc2c(ncc3ncn(C4CC5CCC4O5)c32)[nH]1. The van der Waals surface area contributed by atoms with Crippen LogP contribution in [0.4, 0.5) is 0 Å². The van der Waals surface area contributed by atoms with Crippen LogP contribution < -0.4 is 0 Å². The summed E-state index contributed by atoms with van der Waals surface area (Å²) in [7, 11) is 0. The Morgan fingerprint density at radius 2 is 2.32 bits per heavy atom. The second kappa shape index (κ2) is 3.36. The van der Waals surface area contributed by atoms with Crippen molar-refractivity contribution in [1.82, 2.24) is 19.5 Å². The Balaban J connectivity index is 1.77. The van der Waals surface area contributed by atoms with E-state index in [1.165, 1.54) is 18.4 Å². The summed E-state index contributed by atoms with van der Waals surface area (Å²) < 4.78 is 8.28. The molecule has 0 radical (unpaired) electrons. The molecule has 19 heavy (non-hydrogen) atoms. The average molecular weight is 254 g/mol. The van der Waals surface area contributed by atoms with Crippen LogP contribution in [0.2, 0.25) is 0 Å². The minimum absolute atomic E-state index is 0.365. The van der Waals surface area contributed by atoms with Crippen molar-refractivity contribution in [3.05, 3.63) is 24.8 Å². The highest BCUT2D eigenvalue weighted by molar-refractivity contribution is 6.00. The normalized spacial score (nSPS) is 29.8. The number of fused-ring (bicyclic) bond motifs is 5.